The molecule has 34 heavy (non-hydrogen) atoms. The Hall–Kier alpha value is -3.93. The summed E-state index contributed by atoms with van der Waals surface area (Å²) >= 11 is 1.38. The maximum atomic E-state index is 13.1. The second kappa shape index (κ2) is 8.78. The number of rotatable bonds is 4. The van der Waals surface area contributed by atoms with Gasteiger partial charge in [0.2, 0.25) is 5.88 Å². The SMILES string of the molecule is O=C(c1ccnc(-c2nccs2)n1)N1CCc2c(ncnc2Oc2ccc(C(F)(F)F)cc2)C1. The summed E-state index contributed by atoms with van der Waals surface area (Å²) in [6.07, 6.45) is 0.462. The van der Waals surface area contributed by atoms with E-state index in [4.69, 9.17) is 4.74 Å². The van der Waals surface area contributed by atoms with Gasteiger partial charge in [-0.1, -0.05) is 0 Å². The summed E-state index contributed by atoms with van der Waals surface area (Å²) in [6, 6.07) is 5.93. The van der Waals surface area contributed by atoms with E-state index < -0.39 is 11.7 Å². The molecule has 0 bridgehead atoms. The Bertz CT molecular complexity index is 1330. The number of amides is 1. The van der Waals surface area contributed by atoms with Crippen LogP contribution in [0.4, 0.5) is 13.2 Å². The maximum Gasteiger partial charge on any atom is 0.416 e. The van der Waals surface area contributed by atoms with Gasteiger partial charge in [-0.15, -0.1) is 11.3 Å². The Balaban J connectivity index is 1.33. The number of fused-ring (bicyclic) bond motifs is 1. The minimum absolute atomic E-state index is 0.219. The van der Waals surface area contributed by atoms with Crippen LogP contribution in [-0.4, -0.2) is 42.3 Å². The van der Waals surface area contributed by atoms with Crippen LogP contribution in [-0.2, 0) is 19.1 Å². The lowest BCUT2D eigenvalue weighted by Gasteiger charge is -2.28. The molecule has 1 aromatic carbocycles. The topological polar surface area (TPSA) is 94.0 Å². The van der Waals surface area contributed by atoms with Crippen molar-refractivity contribution in [1.29, 1.82) is 0 Å². The molecule has 0 spiro atoms. The molecular weight excluding hydrogens is 469 g/mol. The van der Waals surface area contributed by atoms with E-state index in [0.717, 1.165) is 12.1 Å². The fourth-order valence-corrected chi connectivity index (χ4v) is 4.06. The van der Waals surface area contributed by atoms with Crippen LogP contribution < -0.4 is 4.74 Å². The molecule has 0 unspecified atom stereocenters. The van der Waals surface area contributed by atoms with Crippen molar-refractivity contribution in [2.24, 2.45) is 0 Å². The maximum absolute atomic E-state index is 13.1. The lowest BCUT2D eigenvalue weighted by Crippen LogP contribution is -2.37. The van der Waals surface area contributed by atoms with Gasteiger partial charge in [0.25, 0.3) is 5.91 Å². The number of halogens is 3. The van der Waals surface area contributed by atoms with Crippen molar-refractivity contribution in [2.45, 2.75) is 19.1 Å². The zero-order valence-electron chi connectivity index (χ0n) is 17.4. The van der Waals surface area contributed by atoms with E-state index in [-0.39, 0.29) is 29.8 Å². The lowest BCUT2D eigenvalue weighted by atomic mass is 10.1. The van der Waals surface area contributed by atoms with Crippen molar-refractivity contribution >= 4 is 17.2 Å². The molecule has 0 fully saturated rings. The van der Waals surface area contributed by atoms with Gasteiger partial charge in [-0.2, -0.15) is 13.2 Å². The largest absolute Gasteiger partial charge is 0.439 e. The molecule has 4 heterocycles. The third-order valence-corrected chi connectivity index (χ3v) is 5.92. The quantitative estimate of drug-likeness (QED) is 0.424. The Kier molecular flexibility index (Phi) is 5.65. The molecule has 4 aromatic rings. The second-order valence-electron chi connectivity index (χ2n) is 7.31. The van der Waals surface area contributed by atoms with Crippen molar-refractivity contribution in [1.82, 2.24) is 29.8 Å². The van der Waals surface area contributed by atoms with E-state index >= 15 is 0 Å². The first-order valence-corrected chi connectivity index (χ1v) is 11.0. The van der Waals surface area contributed by atoms with Crippen LogP contribution in [0.1, 0.15) is 27.3 Å². The van der Waals surface area contributed by atoms with E-state index in [9.17, 15) is 18.0 Å². The minimum atomic E-state index is -4.42. The summed E-state index contributed by atoms with van der Waals surface area (Å²) in [5.41, 5.74) is 0.795. The molecule has 0 aliphatic carbocycles. The van der Waals surface area contributed by atoms with Crippen molar-refractivity contribution in [3.63, 3.8) is 0 Å². The summed E-state index contributed by atoms with van der Waals surface area (Å²) in [5.74, 6) is 0.593. The van der Waals surface area contributed by atoms with Crippen molar-refractivity contribution < 1.29 is 22.7 Å². The summed E-state index contributed by atoms with van der Waals surface area (Å²) in [7, 11) is 0. The number of aromatic nitrogens is 5. The number of nitrogens with zero attached hydrogens (tertiary/aromatic N) is 6. The van der Waals surface area contributed by atoms with Crippen LogP contribution in [0.15, 0.2) is 54.4 Å². The first kappa shape index (κ1) is 21.9. The summed E-state index contributed by atoms with van der Waals surface area (Å²) in [6.45, 7) is 0.593. The number of ether oxygens (including phenoxy) is 1. The van der Waals surface area contributed by atoms with Gasteiger partial charge in [-0.25, -0.2) is 24.9 Å². The fraction of sp³-hybridized carbons (Fsp3) is 0.182. The van der Waals surface area contributed by atoms with Crippen molar-refractivity contribution in [2.75, 3.05) is 6.54 Å². The van der Waals surface area contributed by atoms with E-state index in [1.54, 1.807) is 22.5 Å². The Morgan fingerprint density at radius 2 is 1.85 bits per heavy atom. The van der Waals surface area contributed by atoms with Gasteiger partial charge >= 0.3 is 6.18 Å². The van der Waals surface area contributed by atoms with Crippen LogP contribution in [0.3, 0.4) is 0 Å². The molecule has 1 aliphatic rings. The zero-order valence-corrected chi connectivity index (χ0v) is 18.2. The monoisotopic (exact) mass is 484 g/mol. The normalized spacial score (nSPS) is 13.4. The third-order valence-electron chi connectivity index (χ3n) is 5.15. The highest BCUT2D eigenvalue weighted by atomic mass is 32.1. The number of carbonyl (C=O) groups excluding carboxylic acids is 1. The zero-order chi connectivity index (χ0) is 23.7. The smallest absolute Gasteiger partial charge is 0.416 e. The predicted octanol–water partition coefficient (Wildman–Crippen LogP) is 4.40. The number of hydrogen-bond acceptors (Lipinski definition) is 8. The molecule has 1 aliphatic heterocycles. The van der Waals surface area contributed by atoms with Crippen molar-refractivity contribution in [3.05, 3.63) is 76.9 Å². The van der Waals surface area contributed by atoms with E-state index in [1.807, 2.05) is 0 Å². The first-order valence-electron chi connectivity index (χ1n) is 10.1. The summed E-state index contributed by atoms with van der Waals surface area (Å²) in [4.78, 5) is 35.8. The number of benzene rings is 1. The highest BCUT2D eigenvalue weighted by molar-refractivity contribution is 7.13. The molecule has 3 aromatic heterocycles. The van der Waals surface area contributed by atoms with Gasteiger partial charge in [0.15, 0.2) is 10.8 Å². The first-order chi connectivity index (χ1) is 16.4. The molecule has 0 saturated carbocycles. The predicted molar refractivity (Wildman–Crippen MR) is 115 cm³/mol. The van der Waals surface area contributed by atoms with Gasteiger partial charge in [-0.05, 0) is 36.8 Å². The number of hydrogen-bond donors (Lipinski definition) is 0. The van der Waals surface area contributed by atoms with Gasteiger partial charge in [0, 0.05) is 29.9 Å². The van der Waals surface area contributed by atoms with Gasteiger partial charge in [0.05, 0.1) is 17.8 Å². The van der Waals surface area contributed by atoms with E-state index in [1.165, 1.54) is 36.0 Å². The number of thiazole rings is 1. The van der Waals surface area contributed by atoms with Gasteiger partial charge in [0.1, 0.15) is 17.8 Å². The Morgan fingerprint density at radius 1 is 1.03 bits per heavy atom. The highest BCUT2D eigenvalue weighted by Crippen LogP contribution is 2.33. The lowest BCUT2D eigenvalue weighted by molar-refractivity contribution is -0.137. The molecule has 0 atom stereocenters. The molecule has 172 valence electrons. The average Bonchev–Trinajstić information content (AvgIpc) is 3.38. The third kappa shape index (κ3) is 4.44. The van der Waals surface area contributed by atoms with Crippen LogP contribution in [0.2, 0.25) is 0 Å². The molecule has 0 saturated heterocycles. The van der Waals surface area contributed by atoms with Gasteiger partial charge < -0.3 is 9.64 Å². The van der Waals surface area contributed by atoms with Crippen molar-refractivity contribution in [3.8, 4) is 22.5 Å². The highest BCUT2D eigenvalue weighted by Gasteiger charge is 2.30. The molecule has 5 rings (SSSR count). The van der Waals surface area contributed by atoms with Crippen LogP contribution in [0.25, 0.3) is 10.8 Å². The molecule has 8 nitrogen and oxygen atoms in total. The van der Waals surface area contributed by atoms with Crippen LogP contribution >= 0.6 is 11.3 Å². The molecule has 1 amide bonds. The minimum Gasteiger partial charge on any atom is -0.439 e. The van der Waals surface area contributed by atoms with Gasteiger partial charge in [-0.3, -0.25) is 4.79 Å². The summed E-state index contributed by atoms with van der Waals surface area (Å²) < 4.78 is 44.1. The van der Waals surface area contributed by atoms with Crippen LogP contribution in [0, 0.1) is 0 Å². The fourth-order valence-electron chi connectivity index (χ4n) is 3.49. The number of alkyl halides is 3. The van der Waals surface area contributed by atoms with E-state index in [0.29, 0.717) is 35.1 Å². The standard InChI is InChI=1S/C22H15F3N6O2S/c23-22(24,25)13-1-3-14(4-2-13)33-19-15-6-9-31(11-17(15)28-12-29-19)21(32)16-5-7-26-18(30-16)20-27-8-10-34-20/h1-5,7-8,10,12H,6,9,11H2. The Labute approximate surface area is 195 Å². The van der Waals surface area contributed by atoms with E-state index in [2.05, 4.69) is 24.9 Å². The molecule has 12 heteroatoms. The molecule has 0 N–H and O–H groups in total. The molecule has 0 radical (unpaired) electrons. The second-order valence-corrected chi connectivity index (χ2v) is 8.20. The molecular formula is C22H15F3N6O2S. The Morgan fingerprint density at radius 3 is 2.59 bits per heavy atom. The average molecular weight is 484 g/mol. The van der Waals surface area contributed by atoms with Crippen LogP contribution in [0.5, 0.6) is 11.6 Å². The summed E-state index contributed by atoms with van der Waals surface area (Å²) in [5, 5.41) is 2.43. The number of carbonyl (C=O) groups is 1.